The Hall–Kier alpha value is -1.89. The Balaban J connectivity index is 1.90. The van der Waals surface area contributed by atoms with Gasteiger partial charge in [0.15, 0.2) is 12.1 Å². The SMILES string of the molecule is NC1(C(=O)c2cccc(Br)c2)NC(=O)N([C@@H]2O[C@H](CO)[C@@H](O)[C@H]2O)C=C1F. The smallest absolute Gasteiger partial charge is 0.325 e. The van der Waals surface area contributed by atoms with Crippen molar-refractivity contribution in [2.24, 2.45) is 5.73 Å². The molecule has 0 radical (unpaired) electrons. The molecule has 2 amide bonds. The lowest BCUT2D eigenvalue weighted by molar-refractivity contribution is -0.0679. The number of Topliss-reactive ketones (excluding diaryl/α,β-unsaturated/α-hetero) is 1. The van der Waals surface area contributed by atoms with Gasteiger partial charge in [0.1, 0.15) is 18.3 Å². The van der Waals surface area contributed by atoms with Crippen LogP contribution in [0.3, 0.4) is 0 Å². The first-order valence-corrected chi connectivity index (χ1v) is 8.68. The number of hydrogen-bond acceptors (Lipinski definition) is 7. The standard InChI is InChI=1S/C16H17BrFN3O6/c17-8-3-1-2-7(4-8)13(25)16(19)10(18)5-21(15(26)20-16)14-12(24)11(23)9(6-22)27-14/h1-5,9,11-12,14,22-24H,6,19H2,(H,20,26)/t9-,11-,12-,14-,16?/m1/s1. The highest BCUT2D eigenvalue weighted by Gasteiger charge is 2.51. The molecule has 1 unspecified atom stereocenters. The van der Waals surface area contributed by atoms with E-state index in [1.165, 1.54) is 12.1 Å². The van der Waals surface area contributed by atoms with Crippen LogP contribution in [0.2, 0.25) is 0 Å². The average Bonchev–Trinajstić information content (AvgIpc) is 2.92. The molecule has 1 aromatic carbocycles. The molecule has 2 aliphatic heterocycles. The van der Waals surface area contributed by atoms with Crippen LogP contribution in [-0.4, -0.2) is 68.8 Å². The van der Waals surface area contributed by atoms with Crippen molar-refractivity contribution < 1.29 is 34.0 Å². The summed E-state index contributed by atoms with van der Waals surface area (Å²) >= 11 is 3.19. The van der Waals surface area contributed by atoms with Crippen molar-refractivity contribution in [2.45, 2.75) is 30.2 Å². The maximum Gasteiger partial charge on any atom is 0.325 e. The Morgan fingerprint density at radius 3 is 2.70 bits per heavy atom. The molecule has 2 heterocycles. The number of urea groups is 1. The van der Waals surface area contributed by atoms with E-state index in [-0.39, 0.29) is 5.56 Å². The normalized spacial score (nSPS) is 33.6. The summed E-state index contributed by atoms with van der Waals surface area (Å²) in [6, 6.07) is 5.04. The van der Waals surface area contributed by atoms with E-state index in [1.807, 2.05) is 0 Å². The van der Waals surface area contributed by atoms with Crippen molar-refractivity contribution in [2.75, 3.05) is 6.61 Å². The van der Waals surface area contributed by atoms with Gasteiger partial charge in [0.25, 0.3) is 0 Å². The molecular weight excluding hydrogens is 429 g/mol. The number of nitrogens with one attached hydrogen (secondary N) is 1. The minimum absolute atomic E-state index is 0.0668. The first-order chi connectivity index (χ1) is 12.7. The maximum absolute atomic E-state index is 14.7. The van der Waals surface area contributed by atoms with E-state index in [0.717, 1.165) is 0 Å². The van der Waals surface area contributed by atoms with Crippen molar-refractivity contribution in [1.29, 1.82) is 0 Å². The highest BCUT2D eigenvalue weighted by molar-refractivity contribution is 9.10. The molecule has 9 nitrogen and oxygen atoms in total. The van der Waals surface area contributed by atoms with Gasteiger partial charge in [-0.05, 0) is 12.1 Å². The molecule has 2 aliphatic rings. The van der Waals surface area contributed by atoms with Gasteiger partial charge in [-0.1, -0.05) is 28.1 Å². The van der Waals surface area contributed by atoms with Gasteiger partial charge in [-0.25, -0.2) is 9.18 Å². The van der Waals surface area contributed by atoms with Crippen LogP contribution in [0.5, 0.6) is 0 Å². The quantitative estimate of drug-likeness (QED) is 0.395. The molecule has 27 heavy (non-hydrogen) atoms. The van der Waals surface area contributed by atoms with Crippen molar-refractivity contribution in [3.63, 3.8) is 0 Å². The van der Waals surface area contributed by atoms with Crippen LogP contribution in [0.15, 0.2) is 40.8 Å². The number of carbonyl (C=O) groups excluding carboxylic acids is 2. The predicted octanol–water partition coefficient (Wildman–Crippen LogP) is -0.438. The van der Waals surface area contributed by atoms with Crippen LogP contribution in [0.4, 0.5) is 9.18 Å². The molecule has 1 aromatic rings. The second-order valence-corrected chi connectivity index (χ2v) is 7.11. The number of benzene rings is 1. The van der Waals surface area contributed by atoms with E-state index >= 15 is 0 Å². The van der Waals surface area contributed by atoms with Gasteiger partial charge in [0.2, 0.25) is 11.4 Å². The van der Waals surface area contributed by atoms with Crippen LogP contribution in [0.1, 0.15) is 10.4 Å². The number of aliphatic hydroxyl groups is 3. The number of hydrogen-bond donors (Lipinski definition) is 5. The lowest BCUT2D eigenvalue weighted by Crippen LogP contribution is -2.68. The third-order valence-electron chi connectivity index (χ3n) is 4.40. The summed E-state index contributed by atoms with van der Waals surface area (Å²) in [5.74, 6) is -2.07. The molecule has 146 valence electrons. The molecule has 1 fully saturated rings. The molecule has 11 heteroatoms. The van der Waals surface area contributed by atoms with Crippen LogP contribution in [-0.2, 0) is 4.74 Å². The largest absolute Gasteiger partial charge is 0.394 e. The number of nitrogens with zero attached hydrogens (tertiary/aromatic N) is 1. The van der Waals surface area contributed by atoms with Crippen LogP contribution in [0, 0.1) is 0 Å². The fourth-order valence-corrected chi connectivity index (χ4v) is 3.30. The molecule has 1 saturated heterocycles. The zero-order valence-electron chi connectivity index (χ0n) is 13.8. The molecule has 5 atom stereocenters. The average molecular weight is 446 g/mol. The summed E-state index contributed by atoms with van der Waals surface area (Å²) in [4.78, 5) is 25.7. The third-order valence-corrected chi connectivity index (χ3v) is 4.90. The topological polar surface area (TPSA) is 145 Å². The minimum atomic E-state index is -2.44. The summed E-state index contributed by atoms with van der Waals surface area (Å²) in [6.45, 7) is -0.613. The van der Waals surface area contributed by atoms with E-state index in [1.54, 1.807) is 12.1 Å². The molecule has 6 N–H and O–H groups in total. The Bertz CT molecular complexity index is 808. The molecule has 0 bridgehead atoms. The third kappa shape index (κ3) is 3.37. The maximum atomic E-state index is 14.7. The van der Waals surface area contributed by atoms with Crippen LogP contribution < -0.4 is 11.1 Å². The Morgan fingerprint density at radius 2 is 2.11 bits per heavy atom. The van der Waals surface area contributed by atoms with E-state index < -0.39 is 54.5 Å². The summed E-state index contributed by atoms with van der Waals surface area (Å²) in [5.41, 5.74) is 3.46. The predicted molar refractivity (Wildman–Crippen MR) is 92.7 cm³/mol. The number of halogens is 2. The van der Waals surface area contributed by atoms with E-state index in [0.29, 0.717) is 15.6 Å². The van der Waals surface area contributed by atoms with E-state index in [4.69, 9.17) is 15.6 Å². The number of ether oxygens (including phenoxy) is 1. The molecule has 0 saturated carbocycles. The highest BCUT2D eigenvalue weighted by atomic mass is 79.9. The number of aliphatic hydroxyl groups excluding tert-OH is 3. The van der Waals surface area contributed by atoms with Gasteiger partial charge in [-0.15, -0.1) is 0 Å². The number of ketones is 1. The van der Waals surface area contributed by atoms with E-state index in [9.17, 15) is 24.2 Å². The first-order valence-electron chi connectivity index (χ1n) is 7.89. The lowest BCUT2D eigenvalue weighted by atomic mass is 9.96. The van der Waals surface area contributed by atoms with Crippen LogP contribution in [0.25, 0.3) is 0 Å². The van der Waals surface area contributed by atoms with Crippen molar-refractivity contribution in [1.82, 2.24) is 10.2 Å². The second-order valence-electron chi connectivity index (χ2n) is 6.19. The molecule has 0 spiro atoms. The number of rotatable bonds is 4. The minimum Gasteiger partial charge on any atom is -0.394 e. The van der Waals surface area contributed by atoms with Gasteiger partial charge in [0.05, 0.1) is 6.61 Å². The highest BCUT2D eigenvalue weighted by Crippen LogP contribution is 2.30. The van der Waals surface area contributed by atoms with Crippen molar-refractivity contribution in [3.05, 3.63) is 46.3 Å². The molecular formula is C16H17BrFN3O6. The van der Waals surface area contributed by atoms with Crippen LogP contribution >= 0.6 is 15.9 Å². The number of carbonyl (C=O) groups is 2. The first kappa shape index (κ1) is 19.9. The molecule has 0 aromatic heterocycles. The number of amides is 2. The Labute approximate surface area is 161 Å². The van der Waals surface area contributed by atoms with Gasteiger partial charge < -0.3 is 25.4 Å². The molecule has 0 aliphatic carbocycles. The Morgan fingerprint density at radius 1 is 1.41 bits per heavy atom. The zero-order chi connectivity index (χ0) is 19.9. The van der Waals surface area contributed by atoms with Crippen molar-refractivity contribution >= 4 is 27.7 Å². The summed E-state index contributed by atoms with van der Waals surface area (Å²) in [5, 5.41) is 31.0. The monoisotopic (exact) mass is 445 g/mol. The zero-order valence-corrected chi connectivity index (χ0v) is 15.3. The summed E-state index contributed by atoms with van der Waals surface area (Å²) in [7, 11) is 0. The number of nitrogens with two attached hydrogens (primary N) is 1. The van der Waals surface area contributed by atoms with Gasteiger partial charge in [0, 0.05) is 16.2 Å². The van der Waals surface area contributed by atoms with Gasteiger partial charge >= 0.3 is 6.03 Å². The van der Waals surface area contributed by atoms with Gasteiger partial charge in [-0.3, -0.25) is 15.4 Å². The fraction of sp³-hybridized carbons (Fsp3) is 0.375. The molecule has 3 rings (SSSR count). The summed E-state index contributed by atoms with van der Waals surface area (Å²) < 4.78 is 20.5. The van der Waals surface area contributed by atoms with E-state index in [2.05, 4.69) is 21.2 Å². The fourth-order valence-electron chi connectivity index (χ4n) is 2.90. The summed E-state index contributed by atoms with van der Waals surface area (Å²) in [6.07, 6.45) is -5.05. The van der Waals surface area contributed by atoms with Crippen molar-refractivity contribution in [3.8, 4) is 0 Å². The lowest BCUT2D eigenvalue weighted by Gasteiger charge is -2.37. The second kappa shape index (κ2) is 7.26. The Kier molecular flexibility index (Phi) is 5.34. The van der Waals surface area contributed by atoms with Gasteiger partial charge in [-0.2, -0.15) is 0 Å².